The summed E-state index contributed by atoms with van der Waals surface area (Å²) >= 11 is 0. The van der Waals surface area contributed by atoms with Crippen LogP contribution in [0.2, 0.25) is 0 Å². The third kappa shape index (κ3) is 2.13. The third-order valence-electron chi connectivity index (χ3n) is 2.18. The zero-order chi connectivity index (χ0) is 7.56. The Kier molecular flexibility index (Phi) is 2.47. The summed E-state index contributed by atoms with van der Waals surface area (Å²) in [5, 5.41) is 0. The minimum absolute atomic E-state index is 0.466. The van der Waals surface area contributed by atoms with Gasteiger partial charge in [0, 0.05) is 12.8 Å². The van der Waals surface area contributed by atoms with Crippen molar-refractivity contribution in [2.75, 3.05) is 0 Å². The summed E-state index contributed by atoms with van der Waals surface area (Å²) in [7, 11) is 0. The molecule has 0 aliphatic heterocycles. The van der Waals surface area contributed by atoms with Crippen LogP contribution in [-0.4, -0.2) is 5.78 Å². The van der Waals surface area contributed by atoms with E-state index in [9.17, 15) is 4.79 Å². The van der Waals surface area contributed by atoms with Gasteiger partial charge in [-0.15, -0.1) is 0 Å². The van der Waals surface area contributed by atoms with Crippen molar-refractivity contribution in [3.63, 3.8) is 0 Å². The smallest absolute Gasteiger partial charge is 0.133 e. The van der Waals surface area contributed by atoms with Crippen LogP contribution in [0.25, 0.3) is 0 Å². The number of Topliss-reactive ketones (excluding diaryl/α,β-unsaturated/α-hetero) is 1. The minimum Gasteiger partial charge on any atom is -0.300 e. The molecule has 1 saturated carbocycles. The van der Waals surface area contributed by atoms with Crippen LogP contribution in [0.3, 0.4) is 0 Å². The summed E-state index contributed by atoms with van der Waals surface area (Å²) in [5.74, 6) is 2.01. The Morgan fingerprint density at radius 1 is 1.50 bits per heavy atom. The van der Waals surface area contributed by atoms with Gasteiger partial charge in [0.2, 0.25) is 0 Å². The van der Waals surface area contributed by atoms with Gasteiger partial charge in [-0.25, -0.2) is 0 Å². The first-order valence-electron chi connectivity index (χ1n) is 4.20. The second-order valence-electron chi connectivity index (χ2n) is 3.78. The lowest BCUT2D eigenvalue weighted by atomic mass is 9.80. The van der Waals surface area contributed by atoms with E-state index < -0.39 is 0 Å². The Morgan fingerprint density at radius 2 is 2.10 bits per heavy atom. The minimum atomic E-state index is 0.466. The van der Waals surface area contributed by atoms with Gasteiger partial charge in [0.05, 0.1) is 0 Å². The number of ketones is 1. The highest BCUT2D eigenvalue weighted by Crippen LogP contribution is 2.28. The van der Waals surface area contributed by atoms with Crippen LogP contribution in [0, 0.1) is 11.8 Å². The Balaban J connectivity index is 2.00. The van der Waals surface area contributed by atoms with Gasteiger partial charge in [-0.05, 0) is 18.3 Å². The van der Waals surface area contributed by atoms with Crippen molar-refractivity contribution in [1.29, 1.82) is 0 Å². The molecule has 1 fully saturated rings. The van der Waals surface area contributed by atoms with E-state index >= 15 is 0 Å². The number of carbonyl (C=O) groups is 1. The van der Waals surface area contributed by atoms with Crippen molar-refractivity contribution in [2.24, 2.45) is 11.8 Å². The van der Waals surface area contributed by atoms with Crippen molar-refractivity contribution in [3.05, 3.63) is 0 Å². The van der Waals surface area contributed by atoms with Gasteiger partial charge in [0.1, 0.15) is 5.78 Å². The highest BCUT2D eigenvalue weighted by atomic mass is 16.1. The van der Waals surface area contributed by atoms with Crippen molar-refractivity contribution < 1.29 is 4.79 Å². The number of hydrogen-bond acceptors (Lipinski definition) is 1. The molecule has 0 unspecified atom stereocenters. The zero-order valence-corrected chi connectivity index (χ0v) is 6.89. The van der Waals surface area contributed by atoms with E-state index in [1.54, 1.807) is 0 Å². The fraction of sp³-hybridized carbons (Fsp3) is 0.889. The van der Waals surface area contributed by atoms with Crippen molar-refractivity contribution >= 4 is 5.78 Å². The van der Waals surface area contributed by atoms with Crippen LogP contribution in [0.4, 0.5) is 0 Å². The van der Waals surface area contributed by atoms with Crippen LogP contribution in [0.5, 0.6) is 0 Å². The molecule has 0 aromatic carbocycles. The van der Waals surface area contributed by atoms with E-state index in [1.807, 2.05) is 0 Å². The van der Waals surface area contributed by atoms with Gasteiger partial charge in [0.15, 0.2) is 0 Å². The molecule has 10 heavy (non-hydrogen) atoms. The SMILES string of the molecule is CC(C)CCC1CC(=O)C1. The lowest BCUT2D eigenvalue weighted by Crippen LogP contribution is -2.23. The molecular weight excluding hydrogens is 124 g/mol. The van der Waals surface area contributed by atoms with E-state index in [0.717, 1.165) is 24.7 Å². The lowest BCUT2D eigenvalue weighted by molar-refractivity contribution is -0.127. The largest absolute Gasteiger partial charge is 0.300 e. The van der Waals surface area contributed by atoms with Gasteiger partial charge < -0.3 is 0 Å². The molecule has 0 aromatic rings. The lowest BCUT2D eigenvalue weighted by Gasteiger charge is -2.24. The molecule has 1 aliphatic rings. The molecule has 0 bridgehead atoms. The van der Waals surface area contributed by atoms with E-state index in [4.69, 9.17) is 0 Å². The second kappa shape index (κ2) is 3.18. The Hall–Kier alpha value is -0.330. The number of carbonyl (C=O) groups excluding carboxylic acids is 1. The summed E-state index contributed by atoms with van der Waals surface area (Å²) < 4.78 is 0. The summed E-state index contributed by atoms with van der Waals surface area (Å²) in [6.45, 7) is 4.47. The number of hydrogen-bond donors (Lipinski definition) is 0. The van der Waals surface area contributed by atoms with E-state index in [0.29, 0.717) is 5.78 Å². The maximum Gasteiger partial charge on any atom is 0.133 e. The molecule has 0 heterocycles. The fourth-order valence-corrected chi connectivity index (χ4v) is 1.36. The molecular formula is C9H16O. The molecule has 0 N–H and O–H groups in total. The molecule has 1 aliphatic carbocycles. The number of rotatable bonds is 3. The maximum absolute atomic E-state index is 10.6. The molecule has 0 spiro atoms. The monoisotopic (exact) mass is 140 g/mol. The normalized spacial score (nSPS) is 19.7. The zero-order valence-electron chi connectivity index (χ0n) is 6.89. The van der Waals surface area contributed by atoms with Crippen molar-refractivity contribution in [2.45, 2.75) is 39.5 Å². The quantitative estimate of drug-likeness (QED) is 0.588. The van der Waals surface area contributed by atoms with Crippen LogP contribution >= 0.6 is 0 Å². The first-order valence-corrected chi connectivity index (χ1v) is 4.20. The van der Waals surface area contributed by atoms with Crippen molar-refractivity contribution in [3.8, 4) is 0 Å². The standard InChI is InChI=1S/C9H16O/c1-7(2)3-4-8-5-9(10)6-8/h7-8H,3-6H2,1-2H3. The molecule has 1 nitrogen and oxygen atoms in total. The van der Waals surface area contributed by atoms with Crippen LogP contribution in [0.15, 0.2) is 0 Å². The Morgan fingerprint density at radius 3 is 2.50 bits per heavy atom. The summed E-state index contributed by atoms with van der Waals surface area (Å²) in [5.41, 5.74) is 0. The van der Waals surface area contributed by atoms with Gasteiger partial charge in [-0.2, -0.15) is 0 Å². The highest BCUT2D eigenvalue weighted by molar-refractivity contribution is 5.84. The van der Waals surface area contributed by atoms with Gasteiger partial charge in [0.25, 0.3) is 0 Å². The molecule has 0 saturated heterocycles. The van der Waals surface area contributed by atoms with Crippen LogP contribution in [-0.2, 0) is 4.79 Å². The van der Waals surface area contributed by atoms with Crippen LogP contribution < -0.4 is 0 Å². The highest BCUT2D eigenvalue weighted by Gasteiger charge is 2.25. The van der Waals surface area contributed by atoms with Crippen molar-refractivity contribution in [1.82, 2.24) is 0 Å². The topological polar surface area (TPSA) is 17.1 Å². The Labute approximate surface area is 62.8 Å². The predicted molar refractivity (Wildman–Crippen MR) is 41.8 cm³/mol. The molecule has 0 radical (unpaired) electrons. The predicted octanol–water partition coefficient (Wildman–Crippen LogP) is 2.40. The molecule has 0 aromatic heterocycles. The van der Waals surface area contributed by atoms with Gasteiger partial charge in [-0.3, -0.25) is 4.79 Å². The molecule has 58 valence electrons. The summed E-state index contributed by atoms with van der Waals surface area (Å²) in [4.78, 5) is 10.6. The maximum atomic E-state index is 10.6. The summed E-state index contributed by atoms with van der Waals surface area (Å²) in [6.07, 6.45) is 4.29. The van der Waals surface area contributed by atoms with E-state index in [-0.39, 0.29) is 0 Å². The molecule has 0 atom stereocenters. The van der Waals surface area contributed by atoms with E-state index in [2.05, 4.69) is 13.8 Å². The molecule has 1 heteroatoms. The molecule has 1 rings (SSSR count). The van der Waals surface area contributed by atoms with E-state index in [1.165, 1.54) is 12.8 Å². The third-order valence-corrected chi connectivity index (χ3v) is 2.18. The average molecular weight is 140 g/mol. The molecule has 0 amide bonds. The first kappa shape index (κ1) is 7.77. The fourth-order valence-electron chi connectivity index (χ4n) is 1.36. The first-order chi connectivity index (χ1) is 4.68. The van der Waals surface area contributed by atoms with Gasteiger partial charge in [-0.1, -0.05) is 20.3 Å². The Bertz CT molecular complexity index is 119. The van der Waals surface area contributed by atoms with Crippen LogP contribution in [0.1, 0.15) is 39.5 Å². The average Bonchev–Trinajstić information content (AvgIpc) is 1.77. The van der Waals surface area contributed by atoms with Gasteiger partial charge >= 0.3 is 0 Å². The summed E-state index contributed by atoms with van der Waals surface area (Å²) in [6, 6.07) is 0. The second-order valence-corrected chi connectivity index (χ2v) is 3.78.